The van der Waals surface area contributed by atoms with Crippen molar-refractivity contribution in [1.29, 1.82) is 0 Å². The van der Waals surface area contributed by atoms with Gasteiger partial charge in [-0.15, -0.1) is 0 Å². The molecule has 0 bridgehead atoms. The smallest absolute Gasteiger partial charge is 0.0881 e. The van der Waals surface area contributed by atoms with Crippen molar-refractivity contribution in [3.63, 3.8) is 0 Å². The summed E-state index contributed by atoms with van der Waals surface area (Å²) in [6.45, 7) is 0.986. The number of nitrogens with one attached hydrogen (secondary N) is 1. The van der Waals surface area contributed by atoms with E-state index in [0.717, 1.165) is 18.5 Å². The van der Waals surface area contributed by atoms with E-state index in [-0.39, 0.29) is 0 Å². The second-order valence-electron chi connectivity index (χ2n) is 4.95. The zero-order valence-electron chi connectivity index (χ0n) is 11.7. The Morgan fingerprint density at radius 2 is 1.95 bits per heavy atom. The van der Waals surface area contributed by atoms with Gasteiger partial charge in [0.1, 0.15) is 0 Å². The second kappa shape index (κ2) is 5.88. The fourth-order valence-electron chi connectivity index (χ4n) is 2.68. The highest BCUT2D eigenvalue weighted by molar-refractivity contribution is 5.75. The molecule has 0 amide bonds. The van der Waals surface area contributed by atoms with Crippen molar-refractivity contribution in [3.8, 4) is 0 Å². The third kappa shape index (κ3) is 2.45. The summed E-state index contributed by atoms with van der Waals surface area (Å²) in [7, 11) is 2.00. The summed E-state index contributed by atoms with van der Waals surface area (Å²) in [5.41, 5.74) is 3.58. The molecule has 0 aliphatic rings. The molecule has 3 rings (SSSR count). The lowest BCUT2D eigenvalue weighted by atomic mass is 10.0. The van der Waals surface area contributed by atoms with E-state index < -0.39 is 0 Å². The minimum atomic E-state index is 0.338. The molecule has 0 unspecified atom stereocenters. The van der Waals surface area contributed by atoms with E-state index in [0.29, 0.717) is 6.04 Å². The number of aromatic nitrogens is 2. The maximum Gasteiger partial charge on any atom is 0.0881 e. The molecule has 0 fully saturated rings. The van der Waals surface area contributed by atoms with Gasteiger partial charge in [-0.3, -0.25) is 4.98 Å². The summed E-state index contributed by atoms with van der Waals surface area (Å²) in [5, 5.41) is 3.25. The molecule has 0 spiro atoms. The van der Waals surface area contributed by atoms with Gasteiger partial charge in [0.2, 0.25) is 0 Å². The fraction of sp³-hybridized carbons (Fsp3) is 0.235. The lowest BCUT2D eigenvalue weighted by Crippen LogP contribution is -2.17. The van der Waals surface area contributed by atoms with E-state index in [4.69, 9.17) is 0 Å². The topological polar surface area (TPSA) is 29.9 Å². The van der Waals surface area contributed by atoms with Crippen LogP contribution in [0.2, 0.25) is 0 Å². The summed E-state index contributed by atoms with van der Waals surface area (Å²) in [6, 6.07) is 17.2. The Morgan fingerprint density at radius 3 is 2.75 bits per heavy atom. The maximum absolute atomic E-state index is 4.42. The van der Waals surface area contributed by atoms with Gasteiger partial charge < -0.3 is 9.88 Å². The number of rotatable bonds is 5. The quantitative estimate of drug-likeness (QED) is 0.767. The van der Waals surface area contributed by atoms with Crippen LogP contribution in [0.4, 0.5) is 0 Å². The molecule has 0 radical (unpaired) electrons. The summed E-state index contributed by atoms with van der Waals surface area (Å²) < 4.78 is 2.33. The van der Waals surface area contributed by atoms with Crippen LogP contribution in [-0.2, 0) is 0 Å². The molecule has 0 aliphatic carbocycles. The molecule has 20 heavy (non-hydrogen) atoms. The minimum Gasteiger partial charge on any atom is -0.339 e. The van der Waals surface area contributed by atoms with E-state index in [2.05, 4.69) is 63.5 Å². The molecular weight excluding hydrogens is 246 g/mol. The van der Waals surface area contributed by atoms with Crippen molar-refractivity contribution in [2.75, 3.05) is 13.6 Å². The van der Waals surface area contributed by atoms with Crippen molar-refractivity contribution in [1.82, 2.24) is 14.9 Å². The largest absolute Gasteiger partial charge is 0.339 e. The Kier molecular flexibility index (Phi) is 3.79. The van der Waals surface area contributed by atoms with Crippen LogP contribution in [0.5, 0.6) is 0 Å². The normalized spacial score (nSPS) is 12.7. The number of pyridine rings is 1. The summed E-state index contributed by atoms with van der Waals surface area (Å²) in [5.74, 6) is 0. The van der Waals surface area contributed by atoms with Gasteiger partial charge in [0.05, 0.1) is 17.1 Å². The molecule has 1 atom stereocenters. The van der Waals surface area contributed by atoms with E-state index in [1.54, 1.807) is 0 Å². The summed E-state index contributed by atoms with van der Waals surface area (Å²) >= 11 is 0. The van der Waals surface area contributed by atoms with Crippen LogP contribution in [-0.4, -0.2) is 23.1 Å². The summed E-state index contributed by atoms with van der Waals surface area (Å²) in [4.78, 5) is 4.42. The average Bonchev–Trinajstić information content (AvgIpc) is 2.93. The van der Waals surface area contributed by atoms with Gasteiger partial charge in [0.25, 0.3) is 0 Å². The van der Waals surface area contributed by atoms with Crippen LogP contribution in [0.3, 0.4) is 0 Å². The van der Waals surface area contributed by atoms with Crippen LogP contribution in [0.25, 0.3) is 11.0 Å². The molecule has 3 heteroatoms. The van der Waals surface area contributed by atoms with Gasteiger partial charge >= 0.3 is 0 Å². The van der Waals surface area contributed by atoms with Gasteiger partial charge in [0, 0.05) is 12.4 Å². The Morgan fingerprint density at radius 1 is 1.10 bits per heavy atom. The van der Waals surface area contributed by atoms with Crippen LogP contribution in [0.1, 0.15) is 18.0 Å². The number of nitrogens with zero attached hydrogens (tertiary/aromatic N) is 2. The molecule has 2 aromatic heterocycles. The zero-order valence-corrected chi connectivity index (χ0v) is 11.7. The van der Waals surface area contributed by atoms with Crippen molar-refractivity contribution in [2.45, 2.75) is 12.5 Å². The Labute approximate surface area is 119 Å². The molecule has 1 aromatic carbocycles. The maximum atomic E-state index is 4.42. The van der Waals surface area contributed by atoms with Crippen molar-refractivity contribution >= 4 is 11.0 Å². The summed E-state index contributed by atoms with van der Waals surface area (Å²) in [6.07, 6.45) is 5.04. The average molecular weight is 265 g/mol. The first-order chi connectivity index (χ1) is 9.90. The highest BCUT2D eigenvalue weighted by Crippen LogP contribution is 2.26. The lowest BCUT2D eigenvalue weighted by Gasteiger charge is -2.20. The first-order valence-electron chi connectivity index (χ1n) is 7.01. The third-order valence-corrected chi connectivity index (χ3v) is 3.68. The minimum absolute atomic E-state index is 0.338. The predicted molar refractivity (Wildman–Crippen MR) is 82.9 cm³/mol. The number of benzene rings is 1. The number of fused-ring (bicyclic) bond motifs is 1. The van der Waals surface area contributed by atoms with Crippen molar-refractivity contribution in [2.24, 2.45) is 0 Å². The Bertz CT molecular complexity index is 673. The first kappa shape index (κ1) is 12.9. The van der Waals surface area contributed by atoms with Crippen molar-refractivity contribution < 1.29 is 0 Å². The number of hydrogen-bond donors (Lipinski definition) is 1. The molecule has 1 N–H and O–H groups in total. The Hall–Kier alpha value is -2.13. The zero-order chi connectivity index (χ0) is 13.8. The van der Waals surface area contributed by atoms with E-state index in [9.17, 15) is 0 Å². The monoisotopic (exact) mass is 265 g/mol. The number of hydrogen-bond acceptors (Lipinski definition) is 2. The molecule has 102 valence electrons. The molecular formula is C17H19N3. The van der Waals surface area contributed by atoms with Crippen LogP contribution >= 0.6 is 0 Å². The Balaban J connectivity index is 2.05. The van der Waals surface area contributed by atoms with Crippen LogP contribution < -0.4 is 5.32 Å². The van der Waals surface area contributed by atoms with Crippen molar-refractivity contribution in [3.05, 3.63) is 66.5 Å². The second-order valence-corrected chi connectivity index (χ2v) is 4.95. The van der Waals surface area contributed by atoms with Gasteiger partial charge in [-0.05, 0) is 43.8 Å². The first-order valence-corrected chi connectivity index (χ1v) is 7.01. The molecule has 3 nitrogen and oxygen atoms in total. The molecule has 0 aliphatic heterocycles. The third-order valence-electron chi connectivity index (χ3n) is 3.68. The van der Waals surface area contributed by atoms with E-state index in [1.807, 2.05) is 19.3 Å². The van der Waals surface area contributed by atoms with Crippen LogP contribution in [0, 0.1) is 0 Å². The van der Waals surface area contributed by atoms with E-state index in [1.165, 1.54) is 11.1 Å². The van der Waals surface area contributed by atoms with Crippen LogP contribution in [0.15, 0.2) is 60.9 Å². The highest BCUT2D eigenvalue weighted by atomic mass is 15.0. The SMILES string of the molecule is CNCC[C@@H](c1ccccc1)n1ccc2ncccc21. The van der Waals surface area contributed by atoms with Gasteiger partial charge in [-0.25, -0.2) is 0 Å². The lowest BCUT2D eigenvalue weighted by molar-refractivity contribution is 0.539. The molecule has 2 heterocycles. The predicted octanol–water partition coefficient (Wildman–Crippen LogP) is 3.24. The van der Waals surface area contributed by atoms with Gasteiger partial charge in [0.15, 0.2) is 0 Å². The fourth-order valence-corrected chi connectivity index (χ4v) is 2.68. The molecule has 0 saturated carbocycles. The highest BCUT2D eigenvalue weighted by Gasteiger charge is 2.15. The molecule has 3 aromatic rings. The van der Waals surface area contributed by atoms with E-state index >= 15 is 0 Å². The molecule has 0 saturated heterocycles. The standard InChI is InChI=1S/C17H19N3/c1-18-12-9-16(14-6-3-2-4-7-14)20-13-10-15-17(20)8-5-11-19-15/h2-8,10-11,13,16,18H,9,12H2,1H3/t16-/m0/s1. The van der Waals surface area contributed by atoms with Gasteiger partial charge in [-0.1, -0.05) is 30.3 Å². The van der Waals surface area contributed by atoms with Gasteiger partial charge in [-0.2, -0.15) is 0 Å².